The Bertz CT molecular complexity index is 618. The molecule has 2 amide bonds. The fourth-order valence-corrected chi connectivity index (χ4v) is 3.02. The van der Waals surface area contributed by atoms with Gasteiger partial charge in [0.15, 0.2) is 0 Å². The van der Waals surface area contributed by atoms with Crippen LogP contribution >= 0.6 is 0 Å². The number of carbonyl (C=O) groups is 2. The minimum atomic E-state index is -0.277. The number of rotatable bonds is 5. The van der Waals surface area contributed by atoms with Gasteiger partial charge in [-0.3, -0.25) is 4.90 Å². The Morgan fingerprint density at radius 2 is 1.65 bits per heavy atom. The molecule has 2 fully saturated rings. The van der Waals surface area contributed by atoms with Crippen molar-refractivity contribution >= 4 is 12.2 Å². The van der Waals surface area contributed by atoms with Crippen LogP contribution in [0.5, 0.6) is 0 Å². The van der Waals surface area contributed by atoms with Crippen molar-refractivity contribution in [2.45, 2.75) is 53.2 Å². The van der Waals surface area contributed by atoms with Crippen molar-refractivity contribution < 1.29 is 19.1 Å². The van der Waals surface area contributed by atoms with Crippen molar-refractivity contribution in [3.63, 3.8) is 0 Å². The summed E-state index contributed by atoms with van der Waals surface area (Å²) < 4.78 is 10.2. The van der Waals surface area contributed by atoms with E-state index in [0.29, 0.717) is 38.8 Å². The molecule has 2 heterocycles. The first-order valence-corrected chi connectivity index (χ1v) is 9.39. The van der Waals surface area contributed by atoms with E-state index in [1.165, 1.54) is 6.42 Å². The normalized spacial score (nSPS) is 19.3. The molecule has 0 aromatic heterocycles. The molecule has 0 saturated carbocycles. The first kappa shape index (κ1) is 20.1. The Labute approximate surface area is 156 Å². The number of cyclic esters (lactones) is 2. The number of nitrogens with zero attached hydrogens (tertiary/aromatic N) is 2. The van der Waals surface area contributed by atoms with Crippen LogP contribution in [0.25, 0.3) is 0 Å². The molecule has 0 bridgehead atoms. The van der Waals surface area contributed by atoms with Crippen molar-refractivity contribution in [3.8, 4) is 0 Å². The molecule has 2 aliphatic heterocycles. The predicted octanol–water partition coefficient (Wildman–Crippen LogP) is 4.03. The van der Waals surface area contributed by atoms with E-state index in [1.807, 2.05) is 24.3 Å². The highest BCUT2D eigenvalue weighted by atomic mass is 16.6. The molecule has 6 nitrogen and oxygen atoms in total. The Kier molecular flexibility index (Phi) is 7.30. The highest BCUT2D eigenvalue weighted by molar-refractivity contribution is 5.70. The third-order valence-electron chi connectivity index (χ3n) is 4.45. The Morgan fingerprint density at radius 3 is 2.19 bits per heavy atom. The van der Waals surface area contributed by atoms with Gasteiger partial charge in [-0.15, -0.1) is 0 Å². The summed E-state index contributed by atoms with van der Waals surface area (Å²) in [5.74, 6) is 0.335. The van der Waals surface area contributed by atoms with Gasteiger partial charge in [-0.25, -0.2) is 9.59 Å². The van der Waals surface area contributed by atoms with E-state index in [4.69, 9.17) is 9.47 Å². The van der Waals surface area contributed by atoms with E-state index in [1.54, 1.807) is 9.80 Å². The summed E-state index contributed by atoms with van der Waals surface area (Å²) >= 11 is 0. The molecule has 1 unspecified atom stereocenters. The molecule has 1 aromatic rings. The quantitative estimate of drug-likeness (QED) is 0.793. The van der Waals surface area contributed by atoms with Crippen molar-refractivity contribution in [2.75, 3.05) is 19.8 Å². The monoisotopic (exact) mass is 362 g/mol. The van der Waals surface area contributed by atoms with Crippen LogP contribution in [0.2, 0.25) is 0 Å². The first-order chi connectivity index (χ1) is 12.5. The Hall–Kier alpha value is -2.24. The van der Waals surface area contributed by atoms with Gasteiger partial charge in [-0.05, 0) is 17.0 Å². The summed E-state index contributed by atoms with van der Waals surface area (Å²) in [7, 11) is 0. The van der Waals surface area contributed by atoms with Gasteiger partial charge in [0.05, 0.1) is 12.6 Å². The first-order valence-electron chi connectivity index (χ1n) is 9.39. The molecule has 26 heavy (non-hydrogen) atoms. The molecule has 6 heteroatoms. The van der Waals surface area contributed by atoms with Crippen LogP contribution < -0.4 is 0 Å². The largest absolute Gasteiger partial charge is 0.448 e. The van der Waals surface area contributed by atoms with Crippen molar-refractivity contribution in [1.82, 2.24) is 9.80 Å². The van der Waals surface area contributed by atoms with Crippen LogP contribution in [0.4, 0.5) is 9.59 Å². The Balaban J connectivity index is 0.000000758. The number of benzene rings is 1. The zero-order chi connectivity index (χ0) is 19.1. The molecule has 0 radical (unpaired) electrons. The fraction of sp³-hybridized carbons (Fsp3) is 0.600. The standard InChI is InChI=1S/C17H22N2O4.C3H8/c1-12(2)15-11-23-17(21)19(15)10-14-6-4-3-5-13(14)9-18-7-8-22-16(18)20;1-3-2/h3-6,12,15H,7-11H2,1-2H3;3H2,1-2H3. The minimum absolute atomic E-state index is 0.0901. The minimum Gasteiger partial charge on any atom is -0.448 e. The second-order valence-corrected chi connectivity index (χ2v) is 7.03. The van der Waals surface area contributed by atoms with Crippen LogP contribution in [0.3, 0.4) is 0 Å². The van der Waals surface area contributed by atoms with Gasteiger partial charge in [-0.1, -0.05) is 58.4 Å². The SMILES string of the molecule is CC(C)C1COC(=O)N1Cc1ccccc1CN1CCOC1=O.CCC. The molecular weight excluding hydrogens is 332 g/mol. The number of hydrogen-bond acceptors (Lipinski definition) is 4. The van der Waals surface area contributed by atoms with Crippen LogP contribution in [0.15, 0.2) is 24.3 Å². The number of carbonyl (C=O) groups excluding carboxylic acids is 2. The van der Waals surface area contributed by atoms with E-state index in [9.17, 15) is 9.59 Å². The fourth-order valence-electron chi connectivity index (χ4n) is 3.02. The molecule has 0 spiro atoms. The highest BCUT2D eigenvalue weighted by Gasteiger charge is 2.35. The molecule has 0 N–H and O–H groups in total. The van der Waals surface area contributed by atoms with Gasteiger partial charge in [0, 0.05) is 13.1 Å². The van der Waals surface area contributed by atoms with Crippen LogP contribution in [0.1, 0.15) is 45.2 Å². The van der Waals surface area contributed by atoms with Crippen molar-refractivity contribution in [2.24, 2.45) is 5.92 Å². The van der Waals surface area contributed by atoms with E-state index in [-0.39, 0.29) is 18.2 Å². The molecular formula is C20H30N2O4. The molecule has 3 rings (SSSR count). The van der Waals surface area contributed by atoms with E-state index < -0.39 is 0 Å². The number of amides is 2. The summed E-state index contributed by atoms with van der Waals surface area (Å²) in [6.07, 6.45) is 0.708. The van der Waals surface area contributed by atoms with Gasteiger partial charge < -0.3 is 14.4 Å². The van der Waals surface area contributed by atoms with E-state index in [2.05, 4.69) is 27.7 Å². The van der Waals surface area contributed by atoms with Crippen molar-refractivity contribution in [3.05, 3.63) is 35.4 Å². The van der Waals surface area contributed by atoms with Crippen LogP contribution in [-0.2, 0) is 22.6 Å². The molecule has 1 aromatic carbocycles. The summed E-state index contributed by atoms with van der Waals surface area (Å²) in [6, 6.07) is 7.98. The number of ether oxygens (including phenoxy) is 2. The molecule has 2 saturated heterocycles. The van der Waals surface area contributed by atoms with Crippen molar-refractivity contribution in [1.29, 1.82) is 0 Å². The maximum atomic E-state index is 12.0. The molecule has 2 aliphatic rings. The maximum absolute atomic E-state index is 12.0. The highest BCUT2D eigenvalue weighted by Crippen LogP contribution is 2.24. The summed E-state index contributed by atoms with van der Waals surface area (Å²) in [4.78, 5) is 27.1. The smallest absolute Gasteiger partial charge is 0.410 e. The van der Waals surface area contributed by atoms with Crippen LogP contribution in [0, 0.1) is 5.92 Å². The average molecular weight is 362 g/mol. The van der Waals surface area contributed by atoms with E-state index in [0.717, 1.165) is 11.1 Å². The number of hydrogen-bond donors (Lipinski definition) is 0. The third-order valence-corrected chi connectivity index (χ3v) is 4.45. The van der Waals surface area contributed by atoms with Gasteiger partial charge >= 0.3 is 12.2 Å². The average Bonchev–Trinajstić information content (AvgIpc) is 3.17. The van der Waals surface area contributed by atoms with Gasteiger partial charge in [0.25, 0.3) is 0 Å². The summed E-state index contributed by atoms with van der Waals surface area (Å²) in [5.41, 5.74) is 2.07. The second-order valence-electron chi connectivity index (χ2n) is 7.03. The molecule has 144 valence electrons. The Morgan fingerprint density at radius 1 is 1.04 bits per heavy atom. The van der Waals surface area contributed by atoms with E-state index >= 15 is 0 Å². The lowest BCUT2D eigenvalue weighted by Crippen LogP contribution is -2.37. The lowest BCUT2D eigenvalue weighted by Gasteiger charge is -2.25. The van der Waals surface area contributed by atoms with Gasteiger partial charge in [-0.2, -0.15) is 0 Å². The third kappa shape index (κ3) is 4.90. The molecule has 0 aliphatic carbocycles. The molecule has 1 atom stereocenters. The lowest BCUT2D eigenvalue weighted by atomic mass is 10.0. The van der Waals surface area contributed by atoms with Crippen LogP contribution in [-0.4, -0.2) is 47.8 Å². The topological polar surface area (TPSA) is 59.1 Å². The summed E-state index contributed by atoms with van der Waals surface area (Å²) in [6.45, 7) is 10.9. The van der Waals surface area contributed by atoms with Gasteiger partial charge in [0.2, 0.25) is 0 Å². The second kappa shape index (κ2) is 9.46. The predicted molar refractivity (Wildman–Crippen MR) is 99.7 cm³/mol. The summed E-state index contributed by atoms with van der Waals surface area (Å²) in [5, 5.41) is 0. The zero-order valence-corrected chi connectivity index (χ0v) is 16.2. The lowest BCUT2D eigenvalue weighted by molar-refractivity contribution is 0.153. The zero-order valence-electron chi connectivity index (χ0n) is 16.2. The van der Waals surface area contributed by atoms with Gasteiger partial charge in [0.1, 0.15) is 13.2 Å². The maximum Gasteiger partial charge on any atom is 0.410 e.